The average molecular weight is 288 g/mol. The minimum atomic E-state index is 0.203. The van der Waals surface area contributed by atoms with Gasteiger partial charge in [0, 0.05) is 30.7 Å². The number of hydrogen-bond donors (Lipinski definition) is 1. The highest BCUT2D eigenvalue weighted by atomic mass is 16.5. The number of para-hydroxylation sites is 1. The van der Waals surface area contributed by atoms with Crippen molar-refractivity contribution in [2.45, 2.75) is 44.7 Å². The molecule has 116 valence electrons. The summed E-state index contributed by atoms with van der Waals surface area (Å²) in [4.78, 5) is 2.60. The van der Waals surface area contributed by atoms with E-state index in [0.717, 1.165) is 37.9 Å². The van der Waals surface area contributed by atoms with Crippen molar-refractivity contribution in [2.24, 2.45) is 5.92 Å². The van der Waals surface area contributed by atoms with E-state index in [1.54, 1.807) is 0 Å². The van der Waals surface area contributed by atoms with Gasteiger partial charge in [0.1, 0.15) is 12.4 Å². The summed E-state index contributed by atoms with van der Waals surface area (Å²) in [6.07, 6.45) is 2.77. The first-order valence-corrected chi connectivity index (χ1v) is 8.18. The average Bonchev–Trinajstić information content (AvgIpc) is 3.29. The Morgan fingerprint density at radius 2 is 1.90 bits per heavy atom. The zero-order valence-electron chi connectivity index (χ0n) is 13.6. The Hall–Kier alpha value is -1.06. The van der Waals surface area contributed by atoms with E-state index < -0.39 is 0 Å². The van der Waals surface area contributed by atoms with Crippen LogP contribution in [0, 0.1) is 5.92 Å². The molecule has 1 unspecified atom stereocenters. The highest BCUT2D eigenvalue weighted by molar-refractivity contribution is 5.20. The zero-order chi connectivity index (χ0) is 14.9. The van der Waals surface area contributed by atoms with E-state index in [-0.39, 0.29) is 5.54 Å². The van der Waals surface area contributed by atoms with Gasteiger partial charge in [-0.25, -0.2) is 0 Å². The van der Waals surface area contributed by atoms with Crippen LogP contribution in [0.1, 0.15) is 33.6 Å². The number of nitrogens with zero attached hydrogens (tertiary/aromatic N) is 1. The normalized spacial score (nSPS) is 29.3. The predicted molar refractivity (Wildman–Crippen MR) is 86.7 cm³/mol. The number of hydrogen-bond acceptors (Lipinski definition) is 3. The van der Waals surface area contributed by atoms with Gasteiger partial charge in [-0.3, -0.25) is 4.90 Å². The van der Waals surface area contributed by atoms with Gasteiger partial charge in [0.15, 0.2) is 0 Å². The Morgan fingerprint density at radius 1 is 1.19 bits per heavy atom. The van der Waals surface area contributed by atoms with Crippen LogP contribution in [0.4, 0.5) is 0 Å². The van der Waals surface area contributed by atoms with Crippen molar-refractivity contribution >= 4 is 0 Å². The molecule has 2 aliphatic rings. The van der Waals surface area contributed by atoms with E-state index in [2.05, 4.69) is 31.0 Å². The number of piperazine rings is 1. The SMILES string of the molecule is CC1(C2CC2)CN(CCOc2ccccc2)C(C)(C)CN1. The second kappa shape index (κ2) is 5.62. The molecule has 3 rings (SSSR count). The second-order valence-corrected chi connectivity index (χ2v) is 7.44. The van der Waals surface area contributed by atoms with Crippen molar-refractivity contribution in [1.82, 2.24) is 10.2 Å². The molecule has 0 bridgehead atoms. The Labute approximate surface area is 128 Å². The summed E-state index contributed by atoms with van der Waals surface area (Å²) in [5.74, 6) is 1.83. The molecule has 1 aromatic carbocycles. The first-order chi connectivity index (χ1) is 10.00. The fourth-order valence-electron chi connectivity index (χ4n) is 3.36. The van der Waals surface area contributed by atoms with Gasteiger partial charge in [0.25, 0.3) is 0 Å². The Bertz CT molecular complexity index is 469. The quantitative estimate of drug-likeness (QED) is 0.901. The lowest BCUT2D eigenvalue weighted by atomic mass is 9.86. The van der Waals surface area contributed by atoms with Gasteiger partial charge in [0.05, 0.1) is 0 Å². The van der Waals surface area contributed by atoms with E-state index in [9.17, 15) is 0 Å². The fraction of sp³-hybridized carbons (Fsp3) is 0.667. The Morgan fingerprint density at radius 3 is 2.57 bits per heavy atom. The molecular formula is C18H28N2O. The molecule has 1 atom stereocenters. The van der Waals surface area contributed by atoms with Crippen LogP contribution in [-0.2, 0) is 0 Å². The summed E-state index contributed by atoms with van der Waals surface area (Å²) >= 11 is 0. The van der Waals surface area contributed by atoms with Crippen LogP contribution < -0.4 is 10.1 Å². The van der Waals surface area contributed by atoms with E-state index in [0.29, 0.717) is 5.54 Å². The maximum Gasteiger partial charge on any atom is 0.119 e. The standard InChI is InChI=1S/C18H28N2O/c1-17(2)13-19-18(3,15-9-10-15)14-20(17)11-12-21-16-7-5-4-6-8-16/h4-8,15,19H,9-14H2,1-3H3. The summed E-state index contributed by atoms with van der Waals surface area (Å²) < 4.78 is 5.88. The molecule has 3 nitrogen and oxygen atoms in total. The maximum absolute atomic E-state index is 5.88. The molecule has 1 saturated carbocycles. The number of nitrogens with one attached hydrogen (secondary N) is 1. The van der Waals surface area contributed by atoms with Gasteiger partial charge in [-0.15, -0.1) is 0 Å². The molecule has 1 saturated heterocycles. The molecule has 2 fully saturated rings. The monoisotopic (exact) mass is 288 g/mol. The Balaban J connectivity index is 1.56. The predicted octanol–water partition coefficient (Wildman–Crippen LogP) is 2.92. The fourth-order valence-corrected chi connectivity index (χ4v) is 3.36. The molecule has 0 radical (unpaired) electrons. The van der Waals surface area contributed by atoms with Gasteiger partial charge in [0.2, 0.25) is 0 Å². The van der Waals surface area contributed by atoms with Crippen LogP contribution in [0.3, 0.4) is 0 Å². The van der Waals surface area contributed by atoms with Crippen LogP contribution in [0.2, 0.25) is 0 Å². The summed E-state index contributed by atoms with van der Waals surface area (Å²) in [5, 5.41) is 3.80. The molecule has 0 aromatic heterocycles. The van der Waals surface area contributed by atoms with Crippen molar-refractivity contribution in [3.05, 3.63) is 30.3 Å². The van der Waals surface area contributed by atoms with Crippen molar-refractivity contribution in [1.29, 1.82) is 0 Å². The molecule has 1 aliphatic carbocycles. The number of rotatable bonds is 5. The zero-order valence-corrected chi connectivity index (χ0v) is 13.6. The number of benzene rings is 1. The van der Waals surface area contributed by atoms with Crippen LogP contribution in [0.15, 0.2) is 30.3 Å². The summed E-state index contributed by atoms with van der Waals surface area (Å²) in [6.45, 7) is 11.0. The number of ether oxygens (including phenoxy) is 1. The smallest absolute Gasteiger partial charge is 0.119 e. The largest absolute Gasteiger partial charge is 0.492 e. The lowest BCUT2D eigenvalue weighted by Crippen LogP contribution is -2.68. The minimum Gasteiger partial charge on any atom is -0.492 e. The molecule has 0 amide bonds. The lowest BCUT2D eigenvalue weighted by Gasteiger charge is -2.51. The van der Waals surface area contributed by atoms with Gasteiger partial charge in [-0.1, -0.05) is 18.2 Å². The third-order valence-electron chi connectivity index (χ3n) is 5.15. The maximum atomic E-state index is 5.88. The Kier molecular flexibility index (Phi) is 3.98. The van der Waals surface area contributed by atoms with Crippen molar-refractivity contribution < 1.29 is 4.74 Å². The van der Waals surface area contributed by atoms with Crippen LogP contribution in [0.5, 0.6) is 5.75 Å². The first-order valence-electron chi connectivity index (χ1n) is 8.18. The highest BCUT2D eigenvalue weighted by Crippen LogP contribution is 2.42. The highest BCUT2D eigenvalue weighted by Gasteiger charge is 2.47. The summed E-state index contributed by atoms with van der Waals surface area (Å²) in [6, 6.07) is 10.1. The molecule has 21 heavy (non-hydrogen) atoms. The van der Waals surface area contributed by atoms with E-state index in [1.807, 2.05) is 30.3 Å². The third-order valence-corrected chi connectivity index (χ3v) is 5.15. The molecule has 1 aromatic rings. The van der Waals surface area contributed by atoms with E-state index in [4.69, 9.17) is 4.74 Å². The molecule has 0 spiro atoms. The van der Waals surface area contributed by atoms with Crippen LogP contribution in [-0.4, -0.2) is 42.2 Å². The summed E-state index contributed by atoms with van der Waals surface area (Å²) in [7, 11) is 0. The minimum absolute atomic E-state index is 0.203. The van der Waals surface area contributed by atoms with E-state index >= 15 is 0 Å². The van der Waals surface area contributed by atoms with Gasteiger partial charge >= 0.3 is 0 Å². The van der Waals surface area contributed by atoms with Crippen molar-refractivity contribution in [3.8, 4) is 5.75 Å². The molecule has 3 heteroatoms. The van der Waals surface area contributed by atoms with Crippen molar-refractivity contribution in [3.63, 3.8) is 0 Å². The molecule has 1 aliphatic heterocycles. The van der Waals surface area contributed by atoms with Crippen molar-refractivity contribution in [2.75, 3.05) is 26.2 Å². The van der Waals surface area contributed by atoms with Gasteiger partial charge < -0.3 is 10.1 Å². The van der Waals surface area contributed by atoms with Crippen LogP contribution in [0.25, 0.3) is 0 Å². The lowest BCUT2D eigenvalue weighted by molar-refractivity contribution is 0.0155. The second-order valence-electron chi connectivity index (χ2n) is 7.44. The third kappa shape index (κ3) is 3.41. The van der Waals surface area contributed by atoms with E-state index in [1.165, 1.54) is 12.8 Å². The van der Waals surface area contributed by atoms with Crippen LogP contribution >= 0.6 is 0 Å². The van der Waals surface area contributed by atoms with Gasteiger partial charge in [-0.05, 0) is 51.7 Å². The van der Waals surface area contributed by atoms with Gasteiger partial charge in [-0.2, -0.15) is 0 Å². The topological polar surface area (TPSA) is 24.5 Å². The molecule has 1 N–H and O–H groups in total. The first kappa shape index (κ1) is 14.9. The molecular weight excluding hydrogens is 260 g/mol. The summed E-state index contributed by atoms with van der Waals surface area (Å²) in [5.41, 5.74) is 0.497. The molecule has 1 heterocycles.